The SMILES string of the molecule is COc1ccc(F)c(-c2ccc(COc3cccc([C@@H](CC(=O)O)C4CC4)c3)cc2CC(C)(C)Cn2cc(CCCCCCCCCCCCCCCCCC(=O)NCCC[N+](C)(C)CC(=O)NCCN)nn2)c1. The highest BCUT2D eigenvalue weighted by Gasteiger charge is 2.34. The average molecular weight is 1030 g/mol. The molecule has 1 fully saturated rings. The van der Waals surface area contributed by atoms with Gasteiger partial charge < -0.3 is 35.4 Å². The number of halogens is 1. The number of nitrogens with two attached hydrogens (primary N) is 1. The highest BCUT2D eigenvalue weighted by molar-refractivity contribution is 5.77. The first-order valence-corrected chi connectivity index (χ1v) is 28.0. The summed E-state index contributed by atoms with van der Waals surface area (Å²) >= 11 is 0. The van der Waals surface area contributed by atoms with Crippen molar-refractivity contribution in [1.82, 2.24) is 25.6 Å². The van der Waals surface area contributed by atoms with Crippen LogP contribution in [0, 0.1) is 17.2 Å². The number of carbonyl (C=O) groups is 3. The summed E-state index contributed by atoms with van der Waals surface area (Å²) in [5, 5.41) is 24.5. The second kappa shape index (κ2) is 31.5. The van der Waals surface area contributed by atoms with E-state index in [1.807, 2.05) is 55.2 Å². The van der Waals surface area contributed by atoms with Crippen LogP contribution >= 0.6 is 0 Å². The molecule has 0 aliphatic heterocycles. The van der Waals surface area contributed by atoms with E-state index in [-0.39, 0.29) is 35.4 Å². The number of hydrogen-bond donors (Lipinski definition) is 4. The Morgan fingerprint density at radius 1 is 0.811 bits per heavy atom. The molecule has 1 atom stereocenters. The first kappa shape index (κ1) is 59.5. The number of carbonyl (C=O) groups excluding carboxylic acids is 2. The van der Waals surface area contributed by atoms with E-state index in [4.69, 9.17) is 15.2 Å². The van der Waals surface area contributed by atoms with Gasteiger partial charge in [0.25, 0.3) is 5.91 Å². The zero-order valence-electron chi connectivity index (χ0n) is 45.7. The van der Waals surface area contributed by atoms with Gasteiger partial charge in [-0.2, -0.15) is 0 Å². The van der Waals surface area contributed by atoms with E-state index in [1.165, 1.54) is 83.1 Å². The van der Waals surface area contributed by atoms with Crippen LogP contribution in [0.15, 0.2) is 66.9 Å². The molecule has 13 nitrogen and oxygen atoms in total. The molecule has 1 saturated carbocycles. The molecule has 0 unspecified atom stereocenters. The van der Waals surface area contributed by atoms with Gasteiger partial charge in [0.2, 0.25) is 5.91 Å². The van der Waals surface area contributed by atoms with Crippen molar-refractivity contribution in [2.45, 2.75) is 174 Å². The molecule has 0 spiro atoms. The molecule has 0 radical (unpaired) electrons. The summed E-state index contributed by atoms with van der Waals surface area (Å²) in [5.41, 5.74) is 10.5. The predicted octanol–water partition coefficient (Wildman–Crippen LogP) is 11.4. The summed E-state index contributed by atoms with van der Waals surface area (Å²) in [7, 11) is 5.66. The highest BCUT2D eigenvalue weighted by atomic mass is 19.1. The lowest BCUT2D eigenvalue weighted by atomic mass is 9.82. The molecule has 408 valence electrons. The number of unbranched alkanes of at least 4 members (excludes halogenated alkanes) is 14. The third-order valence-electron chi connectivity index (χ3n) is 14.4. The number of nitrogens with one attached hydrogen (secondary N) is 2. The molecule has 5 N–H and O–H groups in total. The van der Waals surface area contributed by atoms with Gasteiger partial charge in [-0.15, -0.1) is 5.10 Å². The summed E-state index contributed by atoms with van der Waals surface area (Å²) < 4.78 is 29.8. The first-order chi connectivity index (χ1) is 35.6. The molecular weight excluding hydrogens is 934 g/mol. The predicted molar refractivity (Wildman–Crippen MR) is 293 cm³/mol. The van der Waals surface area contributed by atoms with Gasteiger partial charge in [0.15, 0.2) is 6.54 Å². The van der Waals surface area contributed by atoms with Crippen LogP contribution in [0.4, 0.5) is 4.39 Å². The van der Waals surface area contributed by atoms with Crippen LogP contribution in [0.2, 0.25) is 0 Å². The number of nitrogens with zero attached hydrogens (tertiary/aromatic N) is 4. The lowest BCUT2D eigenvalue weighted by molar-refractivity contribution is -0.882. The number of aliphatic carboxylic acids is 1. The molecule has 14 heteroatoms. The molecule has 0 bridgehead atoms. The van der Waals surface area contributed by atoms with Gasteiger partial charge in [0, 0.05) is 50.8 Å². The molecule has 4 aromatic rings. The quantitative estimate of drug-likeness (QED) is 0.0251. The lowest BCUT2D eigenvalue weighted by Crippen LogP contribution is -2.49. The Bertz CT molecular complexity index is 2310. The van der Waals surface area contributed by atoms with Crippen molar-refractivity contribution in [2.24, 2.45) is 17.1 Å². The van der Waals surface area contributed by atoms with Crippen molar-refractivity contribution in [3.63, 3.8) is 0 Å². The number of hydrogen-bond acceptors (Lipinski definition) is 8. The largest absolute Gasteiger partial charge is 0.497 e. The second-order valence-electron chi connectivity index (χ2n) is 22.5. The molecule has 74 heavy (non-hydrogen) atoms. The second-order valence-corrected chi connectivity index (χ2v) is 22.5. The Hall–Kier alpha value is -5.34. The summed E-state index contributed by atoms with van der Waals surface area (Å²) in [6.45, 7) is 8.22. The number of likely N-dealkylation sites (N-methyl/N-ethyl adjacent to an activating group) is 1. The molecule has 0 saturated heterocycles. The molecule has 1 heterocycles. The van der Waals surface area contributed by atoms with E-state index in [1.54, 1.807) is 19.2 Å². The van der Waals surface area contributed by atoms with Crippen LogP contribution in [-0.4, -0.2) is 96.3 Å². The van der Waals surface area contributed by atoms with E-state index in [0.717, 1.165) is 79.4 Å². The average Bonchev–Trinajstić information content (AvgIpc) is 4.12. The normalized spacial score (nSPS) is 13.2. The third-order valence-corrected chi connectivity index (χ3v) is 14.4. The zero-order chi connectivity index (χ0) is 53.2. The number of benzene rings is 3. The Labute approximate surface area is 442 Å². The lowest BCUT2D eigenvalue weighted by Gasteiger charge is -2.29. The Balaban J connectivity index is 0.933. The van der Waals surface area contributed by atoms with Crippen molar-refractivity contribution >= 4 is 17.8 Å². The van der Waals surface area contributed by atoms with E-state index < -0.39 is 5.97 Å². The van der Waals surface area contributed by atoms with Crippen molar-refractivity contribution in [3.8, 4) is 22.6 Å². The summed E-state index contributed by atoms with van der Waals surface area (Å²) in [4.78, 5) is 35.9. The number of methoxy groups -OCH3 is 1. The van der Waals surface area contributed by atoms with Gasteiger partial charge in [-0.1, -0.05) is 133 Å². The first-order valence-electron chi connectivity index (χ1n) is 28.0. The Morgan fingerprint density at radius 3 is 2.12 bits per heavy atom. The Kier molecular flexibility index (Phi) is 25.4. The minimum atomic E-state index is -0.781. The van der Waals surface area contributed by atoms with Crippen LogP contribution in [0.3, 0.4) is 0 Å². The maximum absolute atomic E-state index is 15.5. The number of ether oxygens (including phenoxy) is 2. The Morgan fingerprint density at radius 2 is 1.47 bits per heavy atom. The molecule has 1 aliphatic carbocycles. The molecular formula is C60H91FN7O6+. The van der Waals surface area contributed by atoms with Crippen LogP contribution in [0.1, 0.15) is 171 Å². The highest BCUT2D eigenvalue weighted by Crippen LogP contribution is 2.45. The fourth-order valence-electron chi connectivity index (χ4n) is 10.2. The monoisotopic (exact) mass is 1020 g/mol. The van der Waals surface area contributed by atoms with E-state index in [9.17, 15) is 19.5 Å². The maximum atomic E-state index is 15.5. The maximum Gasteiger partial charge on any atom is 0.303 e. The van der Waals surface area contributed by atoms with Crippen LogP contribution in [0.5, 0.6) is 11.5 Å². The van der Waals surface area contributed by atoms with Gasteiger partial charge in [-0.3, -0.25) is 19.1 Å². The number of quaternary nitrogens is 1. The molecule has 1 aliphatic rings. The van der Waals surface area contributed by atoms with E-state index in [2.05, 4.69) is 47.1 Å². The van der Waals surface area contributed by atoms with Crippen molar-refractivity contribution in [2.75, 3.05) is 53.9 Å². The summed E-state index contributed by atoms with van der Waals surface area (Å²) in [5.74, 6) is 0.744. The van der Waals surface area contributed by atoms with Gasteiger partial charge in [-0.05, 0) is 108 Å². The number of carboxylic acids is 1. The number of rotatable bonds is 39. The molecule has 1 aromatic heterocycles. The zero-order valence-corrected chi connectivity index (χ0v) is 45.7. The minimum Gasteiger partial charge on any atom is -0.497 e. The van der Waals surface area contributed by atoms with Gasteiger partial charge in [-0.25, -0.2) is 4.39 Å². The van der Waals surface area contributed by atoms with Crippen LogP contribution < -0.4 is 25.8 Å². The molecule has 3 aromatic carbocycles. The topological polar surface area (TPSA) is 171 Å². The summed E-state index contributed by atoms with van der Waals surface area (Å²) in [6.07, 6.45) is 25.9. The van der Waals surface area contributed by atoms with E-state index in [0.29, 0.717) is 79.6 Å². The standard InChI is InChI=1S/C60H90FN7O6/c1-60(2,41-49-37-46(27-31-53(49)55-39-51(73-5)30-32-56(55)61)44-74-52-25-21-23-48(38-52)54(40-59(71)72)47-28-29-47)45-67-42-50(65-66-67)24-19-17-15-13-11-9-7-6-8-10-12-14-16-18-20-26-57(69)63-34-22-36-68(3,4)43-58(70)64-35-33-62/h21,23,25,27,30-32,37-39,42,47,54H,6-20,22,24,26,28-29,33-36,40-41,43-45,62H2,1-5H3,(H2-,63,64,69,70,71,72)/p+1/t54-/m0/s1. The van der Waals surface area contributed by atoms with E-state index >= 15 is 4.39 Å². The van der Waals surface area contributed by atoms with Gasteiger partial charge >= 0.3 is 5.97 Å². The number of aryl methyl sites for hydroxylation is 1. The molecule has 5 rings (SSSR count). The third kappa shape index (κ3) is 22.6. The number of amides is 2. The summed E-state index contributed by atoms with van der Waals surface area (Å²) in [6, 6.07) is 18.8. The van der Waals surface area contributed by atoms with Crippen LogP contribution in [0.25, 0.3) is 11.1 Å². The van der Waals surface area contributed by atoms with Crippen molar-refractivity contribution in [1.29, 1.82) is 0 Å². The van der Waals surface area contributed by atoms with Gasteiger partial charge in [0.1, 0.15) is 23.9 Å². The fraction of sp³-hybridized carbons (Fsp3) is 0.617. The van der Waals surface area contributed by atoms with Crippen molar-refractivity contribution < 1.29 is 37.8 Å². The fourth-order valence-corrected chi connectivity index (χ4v) is 10.2. The van der Waals surface area contributed by atoms with Crippen molar-refractivity contribution in [3.05, 3.63) is 95.1 Å². The smallest absolute Gasteiger partial charge is 0.303 e. The van der Waals surface area contributed by atoms with Crippen LogP contribution in [-0.2, 0) is 40.4 Å². The minimum absolute atomic E-state index is 0.0113. The number of aromatic nitrogens is 3. The number of carboxylic acid groups (broad SMARTS) is 1. The van der Waals surface area contributed by atoms with Gasteiger partial charge in [0.05, 0.1) is 39.9 Å². The molecule has 2 amide bonds.